The van der Waals surface area contributed by atoms with Crippen molar-refractivity contribution in [3.05, 3.63) is 52.0 Å². The number of rotatable bonds is 5. The Bertz CT molecular complexity index is 1220. The SMILES string of the molecule is CN1C(=O)S/C(=C\c2cnn3c(NC4CC4)cc(Nc4cccc(Cl)c4)nc23)C1=O. The average molecular weight is 441 g/mol. The molecule has 0 unspecified atom stereocenters. The van der Waals surface area contributed by atoms with E-state index in [1.807, 2.05) is 24.3 Å². The minimum absolute atomic E-state index is 0.296. The van der Waals surface area contributed by atoms with E-state index in [0.717, 1.165) is 41.0 Å². The Morgan fingerprint density at radius 1 is 1.27 bits per heavy atom. The van der Waals surface area contributed by atoms with Gasteiger partial charge in [-0.05, 0) is 48.9 Å². The number of nitrogens with one attached hydrogen (secondary N) is 2. The lowest BCUT2D eigenvalue weighted by Gasteiger charge is -2.12. The number of hydrogen-bond acceptors (Lipinski definition) is 7. The number of carbonyl (C=O) groups excluding carboxylic acids is 2. The number of anilines is 3. The van der Waals surface area contributed by atoms with Crippen LogP contribution < -0.4 is 10.6 Å². The number of aromatic nitrogens is 3. The van der Waals surface area contributed by atoms with E-state index in [9.17, 15) is 9.59 Å². The van der Waals surface area contributed by atoms with E-state index in [4.69, 9.17) is 16.6 Å². The average Bonchev–Trinajstić information content (AvgIpc) is 3.39. The Balaban J connectivity index is 1.57. The summed E-state index contributed by atoms with van der Waals surface area (Å²) in [4.78, 5) is 30.2. The van der Waals surface area contributed by atoms with Gasteiger partial charge in [0, 0.05) is 35.4 Å². The topological polar surface area (TPSA) is 91.6 Å². The summed E-state index contributed by atoms with van der Waals surface area (Å²) in [5.74, 6) is 1.09. The van der Waals surface area contributed by atoms with Gasteiger partial charge in [-0.2, -0.15) is 9.61 Å². The Labute approximate surface area is 181 Å². The van der Waals surface area contributed by atoms with Gasteiger partial charge in [-0.1, -0.05) is 17.7 Å². The molecule has 2 fully saturated rings. The van der Waals surface area contributed by atoms with Gasteiger partial charge in [-0.25, -0.2) is 4.98 Å². The van der Waals surface area contributed by atoms with Crippen molar-refractivity contribution in [2.24, 2.45) is 0 Å². The number of hydrogen-bond donors (Lipinski definition) is 2. The molecule has 1 aromatic carbocycles. The van der Waals surface area contributed by atoms with Crippen LogP contribution in [-0.2, 0) is 4.79 Å². The van der Waals surface area contributed by atoms with Crippen LogP contribution in [0.2, 0.25) is 5.02 Å². The van der Waals surface area contributed by atoms with Crippen LogP contribution in [-0.4, -0.2) is 43.7 Å². The van der Waals surface area contributed by atoms with E-state index >= 15 is 0 Å². The van der Waals surface area contributed by atoms with Gasteiger partial charge in [0.1, 0.15) is 11.6 Å². The van der Waals surface area contributed by atoms with Crippen molar-refractivity contribution in [2.75, 3.05) is 17.7 Å². The fourth-order valence-corrected chi connectivity index (χ4v) is 4.09. The quantitative estimate of drug-likeness (QED) is 0.569. The third-order valence-corrected chi connectivity index (χ3v) is 5.99. The number of likely N-dealkylation sites (N-methyl/N-ethyl adjacent to an activating group) is 1. The Hall–Kier alpha value is -3.04. The standard InChI is InChI=1S/C20H17ClN6O2S/c1-26-19(28)15(30-20(26)29)7-11-10-22-27-17(24-13-5-6-13)9-16(25-18(11)27)23-14-4-2-3-12(21)8-14/h2-4,7-10,13,24H,5-6H2,1H3,(H,23,25)/b15-7-. The van der Waals surface area contributed by atoms with Gasteiger partial charge in [-0.15, -0.1) is 0 Å². The van der Waals surface area contributed by atoms with Crippen LogP contribution in [0.3, 0.4) is 0 Å². The Morgan fingerprint density at radius 3 is 2.80 bits per heavy atom. The largest absolute Gasteiger partial charge is 0.367 e. The first-order valence-corrected chi connectivity index (χ1v) is 10.6. The fraction of sp³-hybridized carbons (Fsp3) is 0.200. The van der Waals surface area contributed by atoms with Crippen molar-refractivity contribution in [1.29, 1.82) is 0 Å². The summed E-state index contributed by atoms with van der Waals surface area (Å²) >= 11 is 7.00. The van der Waals surface area contributed by atoms with Crippen LogP contribution in [0.5, 0.6) is 0 Å². The van der Waals surface area contributed by atoms with Crippen LogP contribution in [0.1, 0.15) is 18.4 Å². The number of nitrogens with zero attached hydrogens (tertiary/aromatic N) is 4. The highest BCUT2D eigenvalue weighted by Gasteiger charge is 2.32. The lowest BCUT2D eigenvalue weighted by Crippen LogP contribution is -2.22. The summed E-state index contributed by atoms with van der Waals surface area (Å²) in [6.45, 7) is 0. The number of thioether (sulfide) groups is 1. The molecule has 1 saturated carbocycles. The highest BCUT2D eigenvalue weighted by molar-refractivity contribution is 8.18. The molecular weight excluding hydrogens is 424 g/mol. The molecule has 1 saturated heterocycles. The molecular formula is C20H17ClN6O2S. The number of imide groups is 1. The first kappa shape index (κ1) is 19.0. The molecule has 8 nitrogen and oxygen atoms in total. The lowest BCUT2D eigenvalue weighted by molar-refractivity contribution is -0.121. The molecule has 0 radical (unpaired) electrons. The van der Waals surface area contributed by atoms with Gasteiger partial charge < -0.3 is 10.6 Å². The van der Waals surface area contributed by atoms with Crippen LogP contribution >= 0.6 is 23.4 Å². The first-order valence-electron chi connectivity index (χ1n) is 9.37. The number of carbonyl (C=O) groups is 2. The molecule has 0 spiro atoms. The Kier molecular flexibility index (Phi) is 4.63. The van der Waals surface area contributed by atoms with Crippen LogP contribution in [0.4, 0.5) is 22.1 Å². The van der Waals surface area contributed by atoms with Gasteiger partial charge >= 0.3 is 0 Å². The second kappa shape index (κ2) is 7.33. The molecule has 1 aliphatic heterocycles. The molecule has 1 aliphatic carbocycles. The summed E-state index contributed by atoms with van der Waals surface area (Å²) in [6, 6.07) is 9.69. The van der Waals surface area contributed by atoms with Gasteiger partial charge in [-0.3, -0.25) is 14.5 Å². The molecule has 3 heterocycles. The van der Waals surface area contributed by atoms with E-state index in [1.54, 1.807) is 22.9 Å². The molecule has 3 aromatic rings. The molecule has 0 atom stereocenters. The number of halogens is 1. The third kappa shape index (κ3) is 3.61. The van der Waals surface area contributed by atoms with Gasteiger partial charge in [0.15, 0.2) is 5.65 Å². The summed E-state index contributed by atoms with van der Waals surface area (Å²) < 4.78 is 1.71. The van der Waals surface area contributed by atoms with E-state index in [-0.39, 0.29) is 11.1 Å². The van der Waals surface area contributed by atoms with Crippen molar-refractivity contribution in [3.63, 3.8) is 0 Å². The van der Waals surface area contributed by atoms with Crippen LogP contribution in [0.15, 0.2) is 41.4 Å². The second-order valence-corrected chi connectivity index (χ2v) is 8.59. The third-order valence-electron chi connectivity index (χ3n) is 4.80. The number of fused-ring (bicyclic) bond motifs is 1. The monoisotopic (exact) mass is 440 g/mol. The van der Waals surface area contributed by atoms with Crippen molar-refractivity contribution in [3.8, 4) is 0 Å². The van der Waals surface area contributed by atoms with Gasteiger partial charge in [0.2, 0.25) is 0 Å². The maximum absolute atomic E-state index is 12.3. The molecule has 2 aliphatic rings. The molecule has 5 rings (SSSR count). The Morgan fingerprint density at radius 2 is 2.10 bits per heavy atom. The molecule has 0 bridgehead atoms. The lowest BCUT2D eigenvalue weighted by atomic mass is 10.3. The van der Waals surface area contributed by atoms with E-state index in [1.165, 1.54) is 7.05 Å². The number of benzene rings is 1. The predicted molar refractivity (Wildman–Crippen MR) is 118 cm³/mol. The molecule has 2 N–H and O–H groups in total. The molecule has 152 valence electrons. The molecule has 2 aromatic heterocycles. The number of amides is 2. The highest BCUT2D eigenvalue weighted by atomic mass is 35.5. The van der Waals surface area contributed by atoms with E-state index < -0.39 is 0 Å². The molecule has 2 amide bonds. The first-order chi connectivity index (χ1) is 14.5. The van der Waals surface area contributed by atoms with Crippen molar-refractivity contribution < 1.29 is 9.59 Å². The molecule has 10 heteroatoms. The summed E-state index contributed by atoms with van der Waals surface area (Å²) in [5, 5.41) is 11.5. The zero-order valence-electron chi connectivity index (χ0n) is 15.9. The van der Waals surface area contributed by atoms with Crippen molar-refractivity contribution in [2.45, 2.75) is 18.9 Å². The van der Waals surface area contributed by atoms with Gasteiger partial charge in [0.25, 0.3) is 11.1 Å². The zero-order valence-corrected chi connectivity index (χ0v) is 17.5. The van der Waals surface area contributed by atoms with Crippen molar-refractivity contribution >= 4 is 63.6 Å². The maximum Gasteiger partial charge on any atom is 0.293 e. The zero-order chi connectivity index (χ0) is 20.8. The van der Waals surface area contributed by atoms with Gasteiger partial charge in [0.05, 0.1) is 11.1 Å². The fourth-order valence-electron chi connectivity index (χ4n) is 3.09. The summed E-state index contributed by atoms with van der Waals surface area (Å²) in [7, 11) is 1.47. The molecule has 30 heavy (non-hydrogen) atoms. The van der Waals surface area contributed by atoms with E-state index in [0.29, 0.717) is 33.0 Å². The smallest absolute Gasteiger partial charge is 0.293 e. The maximum atomic E-state index is 12.3. The van der Waals surface area contributed by atoms with Crippen LogP contribution in [0, 0.1) is 0 Å². The van der Waals surface area contributed by atoms with E-state index in [2.05, 4.69) is 15.7 Å². The minimum atomic E-state index is -0.325. The van der Waals surface area contributed by atoms with Crippen LogP contribution in [0.25, 0.3) is 11.7 Å². The second-order valence-electron chi connectivity index (χ2n) is 7.16. The summed E-state index contributed by atoms with van der Waals surface area (Å²) in [5.41, 5.74) is 2.04. The predicted octanol–water partition coefficient (Wildman–Crippen LogP) is 4.37. The van der Waals surface area contributed by atoms with Crippen molar-refractivity contribution in [1.82, 2.24) is 19.5 Å². The highest BCUT2D eigenvalue weighted by Crippen LogP contribution is 2.33. The summed E-state index contributed by atoms with van der Waals surface area (Å²) in [6.07, 6.45) is 5.53. The normalized spacial score (nSPS) is 17.9. The minimum Gasteiger partial charge on any atom is -0.367 e.